The Bertz CT molecular complexity index is 1130. The third-order valence-corrected chi connectivity index (χ3v) is 6.79. The zero-order valence-electron chi connectivity index (χ0n) is 20.3. The fraction of sp³-hybridized carbons (Fsp3) is 0.520. The van der Waals surface area contributed by atoms with E-state index in [9.17, 15) is 5.11 Å². The fourth-order valence-corrected chi connectivity index (χ4v) is 4.64. The number of hydrogen-bond donors (Lipinski definition) is 2. The molecule has 2 aliphatic rings. The van der Waals surface area contributed by atoms with Crippen LogP contribution in [0.15, 0.2) is 30.6 Å². The van der Waals surface area contributed by atoms with Crippen molar-refractivity contribution in [1.29, 1.82) is 0 Å². The number of likely N-dealkylation sites (N-methyl/N-ethyl adjacent to an activating group) is 1. The van der Waals surface area contributed by atoms with Crippen molar-refractivity contribution in [3.63, 3.8) is 0 Å². The molecule has 2 atom stereocenters. The second kappa shape index (κ2) is 9.77. The van der Waals surface area contributed by atoms with E-state index < -0.39 is 6.10 Å². The number of hydrogen-bond acceptors (Lipinski definition) is 9. The van der Waals surface area contributed by atoms with Crippen LogP contribution in [0.5, 0.6) is 0 Å². The molecule has 0 amide bonds. The topological polar surface area (TPSA) is 93.5 Å². The summed E-state index contributed by atoms with van der Waals surface area (Å²) in [4.78, 5) is 25.8. The molecular weight excluding hydrogens is 428 g/mol. The number of aromatic nitrogens is 4. The molecule has 34 heavy (non-hydrogen) atoms. The van der Waals surface area contributed by atoms with E-state index in [1.54, 1.807) is 13.1 Å². The Balaban J connectivity index is 1.35. The van der Waals surface area contributed by atoms with Gasteiger partial charge in [0.1, 0.15) is 11.3 Å². The molecule has 0 spiro atoms. The molecule has 9 nitrogen and oxygen atoms in total. The van der Waals surface area contributed by atoms with Crippen LogP contribution in [0.2, 0.25) is 0 Å². The van der Waals surface area contributed by atoms with Crippen molar-refractivity contribution in [3.8, 4) is 0 Å². The number of pyridine rings is 2. The van der Waals surface area contributed by atoms with Gasteiger partial charge in [0.05, 0.1) is 11.8 Å². The van der Waals surface area contributed by atoms with Crippen molar-refractivity contribution in [2.24, 2.45) is 5.92 Å². The second-order valence-electron chi connectivity index (χ2n) is 9.77. The molecular formula is C25H34N8O. The van der Waals surface area contributed by atoms with E-state index in [1.807, 2.05) is 18.3 Å². The number of rotatable bonds is 6. The van der Waals surface area contributed by atoms with Crippen LogP contribution in [-0.4, -0.2) is 81.2 Å². The standard InChI is InChI=1S/C25H34N8O/c1-17-6-7-33(15-17)24-23-20(12-21(28-24)18(2)34)14-27-25(30-23)29-22-5-4-19(13-26-22)16-32-10-8-31(3)9-11-32/h4-5,12-14,17-18,34H,6-11,15-16H2,1-3H3,(H,26,27,29,30)/t17-,18+/m0/s1. The van der Waals surface area contributed by atoms with E-state index in [2.05, 4.69) is 50.0 Å². The number of nitrogens with zero attached hydrogens (tertiary/aromatic N) is 7. The van der Waals surface area contributed by atoms with Crippen molar-refractivity contribution < 1.29 is 5.11 Å². The van der Waals surface area contributed by atoms with Crippen LogP contribution >= 0.6 is 0 Å². The molecule has 2 aliphatic heterocycles. The van der Waals surface area contributed by atoms with E-state index in [4.69, 9.17) is 9.97 Å². The minimum absolute atomic E-state index is 0.493. The molecule has 0 saturated carbocycles. The average Bonchev–Trinajstić information content (AvgIpc) is 3.27. The third kappa shape index (κ3) is 5.11. The molecule has 9 heteroatoms. The van der Waals surface area contributed by atoms with Gasteiger partial charge < -0.3 is 20.2 Å². The molecule has 2 N–H and O–H groups in total. The first-order valence-corrected chi connectivity index (χ1v) is 12.2. The highest BCUT2D eigenvalue weighted by Gasteiger charge is 2.24. The van der Waals surface area contributed by atoms with Gasteiger partial charge in [-0.1, -0.05) is 13.0 Å². The lowest BCUT2D eigenvalue weighted by Crippen LogP contribution is -2.43. The number of nitrogens with one attached hydrogen (secondary N) is 1. The summed E-state index contributed by atoms with van der Waals surface area (Å²) in [5.74, 6) is 2.64. The Morgan fingerprint density at radius 2 is 1.91 bits per heavy atom. The van der Waals surface area contributed by atoms with Crippen LogP contribution in [0.3, 0.4) is 0 Å². The number of aliphatic hydroxyl groups excluding tert-OH is 1. The first-order valence-electron chi connectivity index (χ1n) is 12.2. The summed E-state index contributed by atoms with van der Waals surface area (Å²) >= 11 is 0. The maximum Gasteiger partial charge on any atom is 0.229 e. The van der Waals surface area contributed by atoms with Gasteiger partial charge in [-0.2, -0.15) is 0 Å². The van der Waals surface area contributed by atoms with Crippen molar-refractivity contribution >= 4 is 28.5 Å². The average molecular weight is 463 g/mol. The van der Waals surface area contributed by atoms with E-state index in [0.29, 0.717) is 23.4 Å². The van der Waals surface area contributed by atoms with Crippen molar-refractivity contribution in [3.05, 3.63) is 41.9 Å². The van der Waals surface area contributed by atoms with Gasteiger partial charge >= 0.3 is 0 Å². The predicted molar refractivity (Wildman–Crippen MR) is 134 cm³/mol. The van der Waals surface area contributed by atoms with Gasteiger partial charge in [0.15, 0.2) is 5.82 Å². The van der Waals surface area contributed by atoms with Gasteiger partial charge in [-0.05, 0) is 44.0 Å². The first kappa shape index (κ1) is 22.9. The lowest BCUT2D eigenvalue weighted by molar-refractivity contribution is 0.148. The molecule has 3 aromatic rings. The summed E-state index contributed by atoms with van der Waals surface area (Å²) in [6.07, 6.45) is 4.20. The molecule has 5 heterocycles. The molecule has 2 fully saturated rings. The van der Waals surface area contributed by atoms with E-state index in [-0.39, 0.29) is 0 Å². The maximum absolute atomic E-state index is 10.1. The van der Waals surface area contributed by atoms with E-state index >= 15 is 0 Å². The van der Waals surface area contributed by atoms with Crippen molar-refractivity contribution in [2.45, 2.75) is 32.9 Å². The van der Waals surface area contributed by atoms with Crippen LogP contribution in [0.1, 0.15) is 37.6 Å². The van der Waals surface area contributed by atoms with Gasteiger partial charge in [-0.3, -0.25) is 4.90 Å². The summed E-state index contributed by atoms with van der Waals surface area (Å²) in [5.41, 5.74) is 2.64. The molecule has 2 saturated heterocycles. The van der Waals surface area contributed by atoms with Crippen LogP contribution < -0.4 is 10.2 Å². The fourth-order valence-electron chi connectivity index (χ4n) is 4.64. The highest BCUT2D eigenvalue weighted by Crippen LogP contribution is 2.31. The molecule has 0 unspecified atom stereocenters. The van der Waals surface area contributed by atoms with Gasteiger partial charge in [0.2, 0.25) is 5.95 Å². The molecule has 5 rings (SSSR count). The van der Waals surface area contributed by atoms with Crippen LogP contribution in [0, 0.1) is 5.92 Å². The van der Waals surface area contributed by atoms with Gasteiger partial charge in [-0.25, -0.2) is 19.9 Å². The summed E-state index contributed by atoms with van der Waals surface area (Å²) in [7, 11) is 2.17. The van der Waals surface area contributed by atoms with Crippen molar-refractivity contribution in [1.82, 2.24) is 29.7 Å². The number of fused-ring (bicyclic) bond motifs is 1. The Hall–Kier alpha value is -2.88. The van der Waals surface area contributed by atoms with Gasteiger partial charge in [-0.15, -0.1) is 0 Å². The minimum Gasteiger partial charge on any atom is -0.387 e. The SMILES string of the molecule is C[C@H]1CCN(c2nc([C@@H](C)O)cc3cnc(Nc4ccc(CN5CCN(C)CC5)cn4)nc23)C1. The zero-order valence-corrected chi connectivity index (χ0v) is 20.3. The highest BCUT2D eigenvalue weighted by atomic mass is 16.3. The normalized spacial score (nSPS) is 20.7. The van der Waals surface area contributed by atoms with Crippen LogP contribution in [0.25, 0.3) is 10.9 Å². The lowest BCUT2D eigenvalue weighted by atomic mass is 10.2. The van der Waals surface area contributed by atoms with Crippen molar-refractivity contribution in [2.75, 3.05) is 56.5 Å². The Labute approximate surface area is 200 Å². The third-order valence-electron chi connectivity index (χ3n) is 6.79. The second-order valence-corrected chi connectivity index (χ2v) is 9.77. The predicted octanol–water partition coefficient (Wildman–Crippen LogP) is 2.81. The van der Waals surface area contributed by atoms with Crippen LogP contribution in [-0.2, 0) is 6.54 Å². The lowest BCUT2D eigenvalue weighted by Gasteiger charge is -2.32. The molecule has 180 valence electrons. The summed E-state index contributed by atoms with van der Waals surface area (Å²) in [6, 6.07) is 5.97. The quantitative estimate of drug-likeness (QED) is 0.573. The largest absolute Gasteiger partial charge is 0.387 e. The zero-order chi connectivity index (χ0) is 23.7. The van der Waals surface area contributed by atoms with Crippen LogP contribution in [0.4, 0.5) is 17.6 Å². The Morgan fingerprint density at radius 3 is 2.59 bits per heavy atom. The molecule has 0 radical (unpaired) electrons. The Kier molecular flexibility index (Phi) is 6.58. The smallest absolute Gasteiger partial charge is 0.229 e. The number of anilines is 3. The summed E-state index contributed by atoms with van der Waals surface area (Å²) in [5, 5.41) is 14.3. The van der Waals surface area contributed by atoms with Gasteiger partial charge in [0, 0.05) is 63.6 Å². The number of piperazine rings is 1. The monoisotopic (exact) mass is 462 g/mol. The summed E-state index contributed by atoms with van der Waals surface area (Å²) < 4.78 is 0. The molecule has 3 aromatic heterocycles. The number of aliphatic hydroxyl groups is 1. The maximum atomic E-state index is 10.1. The Morgan fingerprint density at radius 1 is 1.09 bits per heavy atom. The molecule has 0 bridgehead atoms. The first-order chi connectivity index (χ1) is 16.4. The van der Waals surface area contributed by atoms with E-state index in [1.165, 1.54) is 5.56 Å². The summed E-state index contributed by atoms with van der Waals surface area (Å²) in [6.45, 7) is 11.2. The van der Waals surface area contributed by atoms with E-state index in [0.717, 1.165) is 69.0 Å². The minimum atomic E-state index is -0.644. The highest BCUT2D eigenvalue weighted by molar-refractivity contribution is 5.89. The van der Waals surface area contributed by atoms with Gasteiger partial charge in [0.25, 0.3) is 0 Å². The molecule has 0 aromatic carbocycles. The molecule has 0 aliphatic carbocycles.